The van der Waals surface area contributed by atoms with E-state index in [0.717, 1.165) is 10.0 Å². The molecule has 0 atom stereocenters. The maximum absolute atomic E-state index is 11.2. The molecule has 0 saturated carbocycles. The van der Waals surface area contributed by atoms with Gasteiger partial charge in [-0.25, -0.2) is 0 Å². The standard InChI is InChI=1S/C10H7BrO/c1-3-9(12)10-7(2)5-4-6-8(10)11/h1,4-6H,2H3. The average Bonchev–Trinajstić information content (AvgIpc) is 2.03. The van der Waals surface area contributed by atoms with Gasteiger partial charge in [0.15, 0.2) is 0 Å². The first kappa shape index (κ1) is 9.02. The Labute approximate surface area is 79.9 Å². The molecule has 0 saturated heterocycles. The average molecular weight is 223 g/mol. The van der Waals surface area contributed by atoms with E-state index in [1.165, 1.54) is 0 Å². The molecule has 0 bridgehead atoms. The van der Waals surface area contributed by atoms with E-state index in [1.54, 1.807) is 6.07 Å². The maximum atomic E-state index is 11.2. The number of hydrogen-bond donors (Lipinski definition) is 0. The summed E-state index contributed by atoms with van der Waals surface area (Å²) in [6.07, 6.45) is 5.02. The number of hydrogen-bond acceptors (Lipinski definition) is 1. The van der Waals surface area contributed by atoms with Crippen LogP contribution in [-0.4, -0.2) is 5.78 Å². The molecule has 1 aromatic rings. The van der Waals surface area contributed by atoms with Crippen molar-refractivity contribution < 1.29 is 4.79 Å². The fraction of sp³-hybridized carbons (Fsp3) is 0.100. The summed E-state index contributed by atoms with van der Waals surface area (Å²) < 4.78 is 0.755. The molecule has 0 spiro atoms. The zero-order valence-corrected chi connectivity index (χ0v) is 8.18. The van der Waals surface area contributed by atoms with E-state index in [1.807, 2.05) is 19.1 Å². The third-order valence-electron chi connectivity index (χ3n) is 1.58. The first-order valence-corrected chi connectivity index (χ1v) is 4.22. The number of Topliss-reactive ketones (excluding diaryl/α,β-unsaturated/α-hetero) is 1. The zero-order chi connectivity index (χ0) is 9.14. The summed E-state index contributed by atoms with van der Waals surface area (Å²) in [6, 6.07) is 5.53. The normalized spacial score (nSPS) is 9.08. The van der Waals surface area contributed by atoms with Gasteiger partial charge in [0.05, 0.1) is 0 Å². The predicted octanol–water partition coefficient (Wildman–Crippen LogP) is 2.57. The van der Waals surface area contributed by atoms with Gasteiger partial charge in [0.25, 0.3) is 0 Å². The molecule has 0 aliphatic heterocycles. The smallest absolute Gasteiger partial charge is 0.237 e. The Balaban J connectivity index is 3.33. The van der Waals surface area contributed by atoms with Crippen LogP contribution in [0.1, 0.15) is 15.9 Å². The Morgan fingerprint density at radius 2 is 2.25 bits per heavy atom. The van der Waals surface area contributed by atoms with E-state index < -0.39 is 0 Å². The Morgan fingerprint density at radius 1 is 1.58 bits per heavy atom. The minimum Gasteiger partial charge on any atom is -0.279 e. The van der Waals surface area contributed by atoms with E-state index in [-0.39, 0.29) is 5.78 Å². The monoisotopic (exact) mass is 222 g/mol. The molecular formula is C10H7BrO. The van der Waals surface area contributed by atoms with E-state index in [0.29, 0.717) is 5.56 Å². The SMILES string of the molecule is C#CC(=O)c1c(C)cccc1Br. The van der Waals surface area contributed by atoms with Crippen LogP contribution in [0.15, 0.2) is 22.7 Å². The van der Waals surface area contributed by atoms with Gasteiger partial charge in [-0.1, -0.05) is 12.1 Å². The second-order valence-electron chi connectivity index (χ2n) is 2.41. The highest BCUT2D eigenvalue weighted by Crippen LogP contribution is 2.20. The van der Waals surface area contributed by atoms with Crippen LogP contribution in [0.3, 0.4) is 0 Å². The van der Waals surface area contributed by atoms with Crippen molar-refractivity contribution in [1.29, 1.82) is 0 Å². The van der Waals surface area contributed by atoms with Gasteiger partial charge >= 0.3 is 0 Å². The molecule has 1 rings (SSSR count). The first-order chi connectivity index (χ1) is 5.66. The van der Waals surface area contributed by atoms with Crippen molar-refractivity contribution in [2.45, 2.75) is 6.92 Å². The minimum atomic E-state index is -0.278. The molecule has 0 aromatic heterocycles. The molecule has 2 heteroatoms. The summed E-state index contributed by atoms with van der Waals surface area (Å²) in [7, 11) is 0. The van der Waals surface area contributed by atoms with Crippen LogP contribution >= 0.6 is 15.9 Å². The van der Waals surface area contributed by atoms with Crippen LogP contribution in [0.5, 0.6) is 0 Å². The second kappa shape index (κ2) is 3.55. The summed E-state index contributed by atoms with van der Waals surface area (Å²) in [5, 5.41) is 0. The van der Waals surface area contributed by atoms with Crippen molar-refractivity contribution >= 4 is 21.7 Å². The largest absolute Gasteiger partial charge is 0.279 e. The Kier molecular flexibility index (Phi) is 2.67. The highest BCUT2D eigenvalue weighted by atomic mass is 79.9. The predicted molar refractivity (Wildman–Crippen MR) is 52.0 cm³/mol. The van der Waals surface area contributed by atoms with Crippen LogP contribution in [0, 0.1) is 19.3 Å². The molecule has 1 aromatic carbocycles. The first-order valence-electron chi connectivity index (χ1n) is 3.43. The van der Waals surface area contributed by atoms with E-state index >= 15 is 0 Å². The maximum Gasteiger partial charge on any atom is 0.237 e. The van der Waals surface area contributed by atoms with Crippen LogP contribution in [0.2, 0.25) is 0 Å². The molecule has 60 valence electrons. The summed E-state index contributed by atoms with van der Waals surface area (Å²) in [4.78, 5) is 11.2. The molecule has 0 N–H and O–H groups in total. The van der Waals surface area contributed by atoms with Crippen molar-refractivity contribution in [3.05, 3.63) is 33.8 Å². The summed E-state index contributed by atoms with van der Waals surface area (Å²) >= 11 is 3.27. The number of ketones is 1. The van der Waals surface area contributed by atoms with Crippen molar-refractivity contribution in [3.8, 4) is 12.3 Å². The third-order valence-corrected chi connectivity index (χ3v) is 2.24. The molecule has 0 unspecified atom stereocenters. The number of aryl methyl sites for hydroxylation is 1. The molecular weight excluding hydrogens is 216 g/mol. The van der Waals surface area contributed by atoms with Gasteiger partial charge in [-0.3, -0.25) is 4.79 Å². The van der Waals surface area contributed by atoms with Gasteiger partial charge in [-0.05, 0) is 40.4 Å². The van der Waals surface area contributed by atoms with Crippen LogP contribution < -0.4 is 0 Å². The van der Waals surface area contributed by atoms with Gasteiger partial charge in [-0.15, -0.1) is 6.42 Å². The van der Waals surface area contributed by atoms with Crippen LogP contribution in [0.4, 0.5) is 0 Å². The third kappa shape index (κ3) is 1.57. The van der Waals surface area contributed by atoms with E-state index in [9.17, 15) is 4.79 Å². The molecule has 0 aliphatic rings. The number of benzene rings is 1. The summed E-state index contributed by atoms with van der Waals surface area (Å²) in [5.74, 6) is 1.82. The van der Waals surface area contributed by atoms with Gasteiger partial charge < -0.3 is 0 Å². The van der Waals surface area contributed by atoms with Crippen molar-refractivity contribution in [2.24, 2.45) is 0 Å². The zero-order valence-electron chi connectivity index (χ0n) is 6.60. The lowest BCUT2D eigenvalue weighted by atomic mass is 10.1. The van der Waals surface area contributed by atoms with E-state index in [2.05, 4.69) is 21.9 Å². The second-order valence-corrected chi connectivity index (χ2v) is 3.26. The Hall–Kier alpha value is -1.07. The summed E-state index contributed by atoms with van der Waals surface area (Å²) in [6.45, 7) is 1.86. The molecule has 0 radical (unpaired) electrons. The lowest BCUT2D eigenvalue weighted by Crippen LogP contribution is -1.98. The highest BCUT2D eigenvalue weighted by molar-refractivity contribution is 9.10. The molecule has 12 heavy (non-hydrogen) atoms. The Bertz CT molecular complexity index is 340. The topological polar surface area (TPSA) is 17.1 Å². The minimum absolute atomic E-state index is 0.278. The number of carbonyl (C=O) groups excluding carboxylic acids is 1. The Morgan fingerprint density at radius 3 is 2.75 bits per heavy atom. The molecule has 0 amide bonds. The van der Waals surface area contributed by atoms with Crippen LogP contribution in [0.25, 0.3) is 0 Å². The van der Waals surface area contributed by atoms with Gasteiger partial charge in [-0.2, -0.15) is 0 Å². The lowest BCUT2D eigenvalue weighted by Gasteiger charge is -2.01. The number of rotatable bonds is 1. The van der Waals surface area contributed by atoms with Crippen LogP contribution in [-0.2, 0) is 0 Å². The fourth-order valence-electron chi connectivity index (χ4n) is 0.992. The number of carbonyl (C=O) groups is 1. The molecule has 0 aliphatic carbocycles. The number of terminal acetylenes is 1. The summed E-state index contributed by atoms with van der Waals surface area (Å²) in [5.41, 5.74) is 1.48. The van der Waals surface area contributed by atoms with Gasteiger partial charge in [0.1, 0.15) is 0 Å². The quantitative estimate of drug-likeness (QED) is 0.406. The number of halogens is 1. The van der Waals surface area contributed by atoms with Crippen molar-refractivity contribution in [3.63, 3.8) is 0 Å². The lowest BCUT2D eigenvalue weighted by molar-refractivity contribution is 0.105. The highest BCUT2D eigenvalue weighted by Gasteiger charge is 2.09. The molecule has 0 fully saturated rings. The molecule has 1 nitrogen and oxygen atoms in total. The van der Waals surface area contributed by atoms with Gasteiger partial charge in [0.2, 0.25) is 5.78 Å². The van der Waals surface area contributed by atoms with Crippen molar-refractivity contribution in [2.75, 3.05) is 0 Å². The van der Waals surface area contributed by atoms with Crippen molar-refractivity contribution in [1.82, 2.24) is 0 Å². The fourth-order valence-corrected chi connectivity index (χ4v) is 1.64. The molecule has 0 heterocycles. The van der Waals surface area contributed by atoms with E-state index in [4.69, 9.17) is 6.42 Å². The van der Waals surface area contributed by atoms with Gasteiger partial charge in [0, 0.05) is 10.0 Å².